The molecule has 18 heavy (non-hydrogen) atoms. The van der Waals surface area contributed by atoms with E-state index in [2.05, 4.69) is 15.5 Å². The number of ether oxygens (including phenoxy) is 1. The summed E-state index contributed by atoms with van der Waals surface area (Å²) >= 11 is 6.78. The Morgan fingerprint density at radius 2 is 2.11 bits per heavy atom. The number of hydrogen-bond donors (Lipinski definition) is 1. The van der Waals surface area contributed by atoms with Crippen LogP contribution in [-0.4, -0.2) is 23.2 Å². The minimum Gasteiger partial charge on any atom is -0.497 e. The average Bonchev–Trinajstić information content (AvgIpc) is 2.88. The zero-order valence-electron chi connectivity index (χ0n) is 9.51. The smallest absolute Gasteiger partial charge is 0.286 e. The molecule has 0 unspecified atom stereocenters. The van der Waals surface area contributed by atoms with Gasteiger partial charge in [0.15, 0.2) is 0 Å². The van der Waals surface area contributed by atoms with Crippen LogP contribution >= 0.6 is 22.9 Å². The van der Waals surface area contributed by atoms with Gasteiger partial charge in [-0.2, -0.15) is 0 Å². The number of rotatable bonds is 4. The molecule has 7 heteroatoms. The molecule has 0 aliphatic carbocycles. The summed E-state index contributed by atoms with van der Waals surface area (Å²) in [5, 5.41) is 11.2. The molecule has 0 bridgehead atoms. The summed E-state index contributed by atoms with van der Waals surface area (Å²) in [6.45, 7) is 0. The zero-order valence-corrected chi connectivity index (χ0v) is 11.1. The molecule has 0 saturated heterocycles. The third-order valence-electron chi connectivity index (χ3n) is 2.12. The van der Waals surface area contributed by atoms with Gasteiger partial charge in [-0.1, -0.05) is 11.3 Å². The second kappa shape index (κ2) is 5.79. The van der Waals surface area contributed by atoms with Gasteiger partial charge < -0.3 is 10.1 Å². The van der Waals surface area contributed by atoms with Crippen LogP contribution in [0.15, 0.2) is 24.3 Å². The molecule has 1 heterocycles. The number of methoxy groups -OCH3 is 1. The van der Waals surface area contributed by atoms with E-state index in [0.717, 1.165) is 5.75 Å². The van der Waals surface area contributed by atoms with Crippen LogP contribution in [0.2, 0.25) is 0 Å². The fourth-order valence-corrected chi connectivity index (χ4v) is 2.06. The van der Waals surface area contributed by atoms with Crippen LogP contribution in [0.4, 0.5) is 5.69 Å². The standard InChI is InChI=1S/C11H10ClN3O2S/c1-17-8-4-2-7(3-5-8)13-10(16)11-15-14-9(6-12)18-11/h2-5H,6H2,1H3,(H,13,16). The van der Waals surface area contributed by atoms with E-state index >= 15 is 0 Å². The SMILES string of the molecule is COc1ccc(NC(=O)c2nnc(CCl)s2)cc1. The molecule has 94 valence electrons. The average molecular weight is 284 g/mol. The molecule has 0 fully saturated rings. The highest BCUT2D eigenvalue weighted by molar-refractivity contribution is 7.13. The van der Waals surface area contributed by atoms with E-state index in [-0.39, 0.29) is 11.8 Å². The molecule has 1 aromatic carbocycles. The van der Waals surface area contributed by atoms with Crippen LogP contribution in [0.5, 0.6) is 5.75 Å². The first-order valence-corrected chi connectivity index (χ1v) is 6.42. The van der Waals surface area contributed by atoms with Crippen molar-refractivity contribution in [1.82, 2.24) is 10.2 Å². The number of halogens is 1. The Balaban J connectivity index is 2.06. The van der Waals surface area contributed by atoms with Crippen molar-refractivity contribution in [3.63, 3.8) is 0 Å². The van der Waals surface area contributed by atoms with E-state index in [4.69, 9.17) is 16.3 Å². The second-order valence-corrected chi connectivity index (χ2v) is 4.65. The maximum atomic E-state index is 11.8. The topological polar surface area (TPSA) is 64.1 Å². The van der Waals surface area contributed by atoms with Crippen LogP contribution in [0.3, 0.4) is 0 Å². The Kier molecular flexibility index (Phi) is 4.11. The van der Waals surface area contributed by atoms with Crippen molar-refractivity contribution in [2.75, 3.05) is 12.4 Å². The largest absolute Gasteiger partial charge is 0.497 e. The van der Waals surface area contributed by atoms with Gasteiger partial charge in [0, 0.05) is 5.69 Å². The third kappa shape index (κ3) is 2.96. The monoisotopic (exact) mass is 283 g/mol. The molecule has 1 N–H and O–H groups in total. The van der Waals surface area contributed by atoms with E-state index in [1.54, 1.807) is 31.4 Å². The predicted octanol–water partition coefficient (Wildman–Crippen LogP) is 2.54. The fraction of sp³-hybridized carbons (Fsp3) is 0.182. The Bertz CT molecular complexity index is 541. The van der Waals surface area contributed by atoms with Crippen LogP contribution in [0.1, 0.15) is 14.8 Å². The number of nitrogens with one attached hydrogen (secondary N) is 1. The summed E-state index contributed by atoms with van der Waals surface area (Å²) in [4.78, 5) is 11.8. The lowest BCUT2D eigenvalue weighted by Crippen LogP contribution is -2.11. The minimum absolute atomic E-state index is 0.257. The maximum Gasteiger partial charge on any atom is 0.286 e. The Hall–Kier alpha value is -1.66. The van der Waals surface area contributed by atoms with Crippen molar-refractivity contribution in [3.8, 4) is 5.75 Å². The lowest BCUT2D eigenvalue weighted by atomic mass is 10.3. The lowest BCUT2D eigenvalue weighted by molar-refractivity contribution is 0.102. The number of alkyl halides is 1. The number of hydrogen-bond acceptors (Lipinski definition) is 5. The summed E-state index contributed by atoms with van der Waals surface area (Å²) in [6, 6.07) is 7.03. The normalized spacial score (nSPS) is 10.1. The summed E-state index contributed by atoms with van der Waals surface area (Å²) in [7, 11) is 1.59. The van der Waals surface area contributed by atoms with Crippen LogP contribution in [0, 0.1) is 0 Å². The molecular formula is C11H10ClN3O2S. The molecular weight excluding hydrogens is 274 g/mol. The molecule has 2 rings (SSSR count). The van der Waals surface area contributed by atoms with Crippen molar-refractivity contribution in [2.45, 2.75) is 5.88 Å². The van der Waals surface area contributed by atoms with Gasteiger partial charge in [0.2, 0.25) is 5.01 Å². The molecule has 0 aliphatic rings. The maximum absolute atomic E-state index is 11.8. The van der Waals surface area contributed by atoms with Crippen molar-refractivity contribution < 1.29 is 9.53 Å². The molecule has 1 aromatic heterocycles. The Labute approximate surface area is 113 Å². The number of amides is 1. The van der Waals surface area contributed by atoms with Gasteiger partial charge in [0.25, 0.3) is 5.91 Å². The molecule has 0 radical (unpaired) electrons. The van der Waals surface area contributed by atoms with Crippen LogP contribution < -0.4 is 10.1 Å². The minimum atomic E-state index is -0.297. The van der Waals surface area contributed by atoms with E-state index in [0.29, 0.717) is 15.7 Å². The fourth-order valence-electron chi connectivity index (χ4n) is 1.26. The van der Waals surface area contributed by atoms with Crippen molar-refractivity contribution in [3.05, 3.63) is 34.3 Å². The van der Waals surface area contributed by atoms with Crippen molar-refractivity contribution in [2.24, 2.45) is 0 Å². The van der Waals surface area contributed by atoms with Gasteiger partial charge in [0.1, 0.15) is 10.8 Å². The number of benzene rings is 1. The lowest BCUT2D eigenvalue weighted by Gasteiger charge is -2.03. The van der Waals surface area contributed by atoms with Gasteiger partial charge in [-0.05, 0) is 24.3 Å². The molecule has 0 spiro atoms. The van der Waals surface area contributed by atoms with E-state index < -0.39 is 0 Å². The number of anilines is 1. The van der Waals surface area contributed by atoms with Crippen LogP contribution in [0.25, 0.3) is 0 Å². The quantitative estimate of drug-likeness (QED) is 0.876. The first kappa shape index (κ1) is 12.8. The number of carbonyl (C=O) groups is 1. The van der Waals surface area contributed by atoms with Gasteiger partial charge in [-0.25, -0.2) is 0 Å². The number of carbonyl (C=O) groups excluding carboxylic acids is 1. The summed E-state index contributed by atoms with van der Waals surface area (Å²) in [5.41, 5.74) is 0.670. The van der Waals surface area contributed by atoms with Gasteiger partial charge in [-0.15, -0.1) is 21.8 Å². The summed E-state index contributed by atoms with van der Waals surface area (Å²) in [5.74, 6) is 0.690. The zero-order chi connectivity index (χ0) is 13.0. The van der Waals surface area contributed by atoms with E-state index in [1.165, 1.54) is 11.3 Å². The van der Waals surface area contributed by atoms with E-state index in [1.807, 2.05) is 0 Å². The summed E-state index contributed by atoms with van der Waals surface area (Å²) in [6.07, 6.45) is 0. The second-order valence-electron chi connectivity index (χ2n) is 3.32. The molecule has 1 amide bonds. The highest BCUT2D eigenvalue weighted by Gasteiger charge is 2.12. The highest BCUT2D eigenvalue weighted by atomic mass is 35.5. The molecule has 0 atom stereocenters. The molecule has 5 nitrogen and oxygen atoms in total. The Morgan fingerprint density at radius 3 is 2.67 bits per heavy atom. The summed E-state index contributed by atoms with van der Waals surface area (Å²) < 4.78 is 5.03. The molecule has 2 aromatic rings. The van der Waals surface area contributed by atoms with Crippen molar-refractivity contribution in [1.29, 1.82) is 0 Å². The number of nitrogens with zero attached hydrogens (tertiary/aromatic N) is 2. The van der Waals surface area contributed by atoms with Gasteiger partial charge in [0.05, 0.1) is 13.0 Å². The third-order valence-corrected chi connectivity index (χ3v) is 3.46. The van der Waals surface area contributed by atoms with Crippen LogP contribution in [-0.2, 0) is 5.88 Å². The first-order valence-electron chi connectivity index (χ1n) is 5.06. The molecule has 0 aliphatic heterocycles. The number of aromatic nitrogens is 2. The first-order chi connectivity index (χ1) is 8.72. The van der Waals surface area contributed by atoms with Gasteiger partial charge in [-0.3, -0.25) is 4.79 Å². The Morgan fingerprint density at radius 1 is 1.39 bits per heavy atom. The molecule has 0 saturated carbocycles. The van der Waals surface area contributed by atoms with E-state index in [9.17, 15) is 4.79 Å². The van der Waals surface area contributed by atoms with Gasteiger partial charge >= 0.3 is 0 Å². The van der Waals surface area contributed by atoms with Crippen molar-refractivity contribution >= 4 is 34.5 Å². The predicted molar refractivity (Wildman–Crippen MR) is 70.4 cm³/mol. The highest BCUT2D eigenvalue weighted by Crippen LogP contribution is 2.17.